The van der Waals surface area contributed by atoms with Crippen molar-refractivity contribution in [3.63, 3.8) is 0 Å². The number of rotatable bonds is 4. The van der Waals surface area contributed by atoms with Crippen molar-refractivity contribution in [1.82, 2.24) is 20.0 Å². The quantitative estimate of drug-likeness (QED) is 0.711. The fraction of sp³-hybridized carbons (Fsp3) is 0.812. The largest absolute Gasteiger partial charge is 0.368 e. The van der Waals surface area contributed by atoms with E-state index in [1.54, 1.807) is 4.90 Å². The van der Waals surface area contributed by atoms with E-state index >= 15 is 0 Å². The van der Waals surface area contributed by atoms with Gasteiger partial charge in [0.2, 0.25) is 11.8 Å². The van der Waals surface area contributed by atoms with E-state index < -0.39 is 11.9 Å². The van der Waals surface area contributed by atoms with Crippen LogP contribution < -0.4 is 11.1 Å². The Bertz CT molecular complexity index is 504. The molecule has 0 radical (unpaired) electrons. The molecule has 0 aromatic rings. The smallest absolute Gasteiger partial charge is 0.317 e. The van der Waals surface area contributed by atoms with Gasteiger partial charge in [-0.05, 0) is 32.1 Å². The van der Waals surface area contributed by atoms with E-state index in [2.05, 4.69) is 10.2 Å². The molecule has 3 rings (SSSR count). The summed E-state index contributed by atoms with van der Waals surface area (Å²) < 4.78 is 0. The third kappa shape index (κ3) is 3.63. The van der Waals surface area contributed by atoms with E-state index in [1.165, 1.54) is 0 Å². The van der Waals surface area contributed by atoms with Gasteiger partial charge in [0.15, 0.2) is 0 Å². The highest BCUT2D eigenvalue weighted by molar-refractivity contribution is 5.87. The Morgan fingerprint density at radius 2 is 1.83 bits per heavy atom. The van der Waals surface area contributed by atoms with E-state index in [1.807, 2.05) is 4.90 Å². The molecule has 3 saturated heterocycles. The van der Waals surface area contributed by atoms with E-state index in [4.69, 9.17) is 5.73 Å². The molecule has 0 aliphatic carbocycles. The first kappa shape index (κ1) is 17.0. The van der Waals surface area contributed by atoms with Crippen LogP contribution in [0.3, 0.4) is 0 Å². The number of piperidine rings is 2. The highest BCUT2D eigenvalue weighted by atomic mass is 16.2. The van der Waals surface area contributed by atoms with Gasteiger partial charge in [0.25, 0.3) is 0 Å². The van der Waals surface area contributed by atoms with Crippen molar-refractivity contribution < 1.29 is 14.4 Å². The number of amides is 4. The molecule has 3 N–H and O–H groups in total. The molecular weight excluding hydrogens is 310 g/mol. The Hall–Kier alpha value is -1.83. The molecule has 0 bridgehead atoms. The number of carbonyl (C=O) groups is 3. The lowest BCUT2D eigenvalue weighted by Crippen LogP contribution is -2.54. The second-order valence-electron chi connectivity index (χ2n) is 6.93. The lowest BCUT2D eigenvalue weighted by atomic mass is 10.0. The summed E-state index contributed by atoms with van der Waals surface area (Å²) in [5.74, 6) is -0.405. The van der Waals surface area contributed by atoms with Crippen molar-refractivity contribution in [2.45, 2.75) is 44.2 Å². The predicted octanol–water partition coefficient (Wildman–Crippen LogP) is -0.658. The van der Waals surface area contributed by atoms with Gasteiger partial charge in [-0.25, -0.2) is 4.79 Å². The number of nitrogens with two attached hydrogens (primary N) is 1. The van der Waals surface area contributed by atoms with Crippen LogP contribution in [0.25, 0.3) is 0 Å². The summed E-state index contributed by atoms with van der Waals surface area (Å²) in [5.41, 5.74) is 5.44. The Kier molecular flexibility index (Phi) is 5.23. The number of urea groups is 1. The van der Waals surface area contributed by atoms with Gasteiger partial charge < -0.3 is 20.9 Å². The van der Waals surface area contributed by atoms with Crippen LogP contribution in [0.1, 0.15) is 32.1 Å². The van der Waals surface area contributed by atoms with Crippen LogP contribution in [-0.4, -0.2) is 83.9 Å². The molecule has 0 unspecified atom stereocenters. The van der Waals surface area contributed by atoms with E-state index in [-0.39, 0.29) is 18.0 Å². The van der Waals surface area contributed by atoms with Crippen LogP contribution in [0, 0.1) is 0 Å². The highest BCUT2D eigenvalue weighted by Gasteiger charge is 2.34. The van der Waals surface area contributed by atoms with Crippen molar-refractivity contribution in [1.29, 1.82) is 0 Å². The standard InChI is InChI=1S/C16H27N5O3/c17-15(23)13-3-1-2-7-21(13)14(22)11-19-8-4-12(5-9-19)20-10-6-18-16(20)24/h12-13H,1-11H2,(H2,17,23)(H,18,24)/t13-/m1/s1. The lowest BCUT2D eigenvalue weighted by Gasteiger charge is -2.38. The number of primary amides is 1. The van der Waals surface area contributed by atoms with Crippen LogP contribution in [0.15, 0.2) is 0 Å². The summed E-state index contributed by atoms with van der Waals surface area (Å²) in [6.07, 6.45) is 4.33. The third-order valence-corrected chi connectivity index (χ3v) is 5.40. The number of nitrogens with one attached hydrogen (secondary N) is 1. The molecule has 3 aliphatic heterocycles. The maximum atomic E-state index is 12.6. The van der Waals surface area contributed by atoms with Gasteiger partial charge >= 0.3 is 6.03 Å². The SMILES string of the molecule is NC(=O)[C@H]1CCCCN1C(=O)CN1CCC(N2CCNC2=O)CC1. The average Bonchev–Trinajstić information content (AvgIpc) is 3.01. The summed E-state index contributed by atoms with van der Waals surface area (Å²) in [6, 6.07) is -0.147. The Morgan fingerprint density at radius 3 is 2.46 bits per heavy atom. The van der Waals surface area contributed by atoms with Gasteiger partial charge in [-0.1, -0.05) is 0 Å². The molecule has 4 amide bonds. The second kappa shape index (κ2) is 7.38. The topological polar surface area (TPSA) is 99.0 Å². The summed E-state index contributed by atoms with van der Waals surface area (Å²) in [4.78, 5) is 41.6. The molecule has 3 aliphatic rings. The molecule has 8 heteroatoms. The third-order valence-electron chi connectivity index (χ3n) is 5.40. The predicted molar refractivity (Wildman–Crippen MR) is 88.1 cm³/mol. The normalized spacial score (nSPS) is 26.5. The molecule has 0 spiro atoms. The molecule has 8 nitrogen and oxygen atoms in total. The van der Waals surface area contributed by atoms with E-state index in [9.17, 15) is 14.4 Å². The Morgan fingerprint density at radius 1 is 1.08 bits per heavy atom. The zero-order valence-electron chi connectivity index (χ0n) is 14.1. The van der Waals surface area contributed by atoms with Crippen molar-refractivity contribution in [3.05, 3.63) is 0 Å². The van der Waals surface area contributed by atoms with Gasteiger partial charge in [0.05, 0.1) is 6.54 Å². The van der Waals surface area contributed by atoms with Crippen molar-refractivity contribution in [2.24, 2.45) is 5.73 Å². The minimum atomic E-state index is -0.447. The molecule has 134 valence electrons. The molecule has 0 aromatic heterocycles. The maximum Gasteiger partial charge on any atom is 0.317 e. The van der Waals surface area contributed by atoms with Crippen LogP contribution in [0.4, 0.5) is 4.79 Å². The number of likely N-dealkylation sites (tertiary alicyclic amines) is 2. The molecule has 3 heterocycles. The number of hydrogen-bond acceptors (Lipinski definition) is 4. The van der Waals surface area contributed by atoms with Crippen molar-refractivity contribution >= 4 is 17.8 Å². The van der Waals surface area contributed by atoms with E-state index in [0.717, 1.165) is 51.9 Å². The van der Waals surface area contributed by atoms with Crippen LogP contribution in [-0.2, 0) is 9.59 Å². The Labute approximate surface area is 142 Å². The lowest BCUT2D eigenvalue weighted by molar-refractivity contribution is -0.142. The summed E-state index contributed by atoms with van der Waals surface area (Å²) in [5, 5.41) is 2.84. The van der Waals surface area contributed by atoms with Crippen LogP contribution in [0.5, 0.6) is 0 Å². The monoisotopic (exact) mass is 337 g/mol. The second-order valence-corrected chi connectivity index (χ2v) is 6.93. The first-order valence-electron chi connectivity index (χ1n) is 8.92. The minimum Gasteiger partial charge on any atom is -0.368 e. The zero-order valence-corrected chi connectivity index (χ0v) is 14.1. The number of nitrogens with zero attached hydrogens (tertiary/aromatic N) is 3. The highest BCUT2D eigenvalue weighted by Crippen LogP contribution is 2.20. The molecule has 3 fully saturated rings. The van der Waals surface area contributed by atoms with Gasteiger partial charge in [0.1, 0.15) is 6.04 Å². The summed E-state index contributed by atoms with van der Waals surface area (Å²) in [7, 11) is 0. The molecule has 24 heavy (non-hydrogen) atoms. The average molecular weight is 337 g/mol. The van der Waals surface area contributed by atoms with Gasteiger partial charge in [-0.15, -0.1) is 0 Å². The van der Waals surface area contributed by atoms with Gasteiger partial charge in [-0.2, -0.15) is 0 Å². The number of hydrogen-bond donors (Lipinski definition) is 2. The molecule has 0 saturated carbocycles. The molecular formula is C16H27N5O3. The van der Waals surface area contributed by atoms with Crippen molar-refractivity contribution in [3.8, 4) is 0 Å². The van der Waals surface area contributed by atoms with Gasteiger partial charge in [-0.3, -0.25) is 14.5 Å². The summed E-state index contributed by atoms with van der Waals surface area (Å²) in [6.45, 7) is 4.06. The minimum absolute atomic E-state index is 0.00383. The zero-order chi connectivity index (χ0) is 17.1. The van der Waals surface area contributed by atoms with Crippen molar-refractivity contribution in [2.75, 3.05) is 39.3 Å². The Balaban J connectivity index is 1.49. The fourth-order valence-electron chi connectivity index (χ4n) is 4.03. The van der Waals surface area contributed by atoms with Crippen LogP contribution >= 0.6 is 0 Å². The first-order chi connectivity index (χ1) is 11.6. The fourth-order valence-corrected chi connectivity index (χ4v) is 4.03. The number of carbonyl (C=O) groups excluding carboxylic acids is 3. The molecule has 1 atom stereocenters. The first-order valence-corrected chi connectivity index (χ1v) is 8.92. The molecule has 0 aromatic carbocycles. The van der Waals surface area contributed by atoms with Crippen LogP contribution in [0.2, 0.25) is 0 Å². The summed E-state index contributed by atoms with van der Waals surface area (Å²) >= 11 is 0. The maximum absolute atomic E-state index is 12.6. The van der Waals surface area contributed by atoms with Gasteiger partial charge in [0, 0.05) is 38.8 Å². The van der Waals surface area contributed by atoms with E-state index in [0.29, 0.717) is 19.5 Å².